The fourth-order valence-electron chi connectivity index (χ4n) is 1.66. The lowest BCUT2D eigenvalue weighted by atomic mass is 10.2. The van der Waals surface area contributed by atoms with E-state index in [2.05, 4.69) is 10.3 Å². The van der Waals surface area contributed by atoms with Crippen LogP contribution in [0, 0.1) is 5.82 Å². The Kier molecular flexibility index (Phi) is 4.74. The van der Waals surface area contributed by atoms with Gasteiger partial charge in [-0.15, -0.1) is 5.10 Å². The third kappa shape index (κ3) is 3.43. The predicted molar refractivity (Wildman–Crippen MR) is 73.3 cm³/mol. The van der Waals surface area contributed by atoms with Gasteiger partial charge in [0.1, 0.15) is 0 Å². The third-order valence-electron chi connectivity index (χ3n) is 2.66. The molecule has 1 aromatic heterocycles. The molecule has 0 atom stereocenters. The van der Waals surface area contributed by atoms with Gasteiger partial charge in [0, 0.05) is 0 Å². The number of aryl methyl sites for hydroxylation is 1. The number of unbranched alkanes of at least 4 members (excludes halogenated alkanes) is 1. The summed E-state index contributed by atoms with van der Waals surface area (Å²) in [6.07, 6.45) is 4.48. The Morgan fingerprint density at radius 3 is 2.53 bits per heavy atom. The molecule has 102 valence electrons. The summed E-state index contributed by atoms with van der Waals surface area (Å²) in [7, 11) is 0. The minimum absolute atomic E-state index is 0.0392. The highest BCUT2D eigenvalue weighted by Gasteiger charge is 2.10. The van der Waals surface area contributed by atoms with Crippen LogP contribution in [-0.2, 0) is 6.42 Å². The SMILES string of the molecule is NCCCCc1cn(-c2cc(Cl)c(F)c(Cl)c2)nn1. The highest BCUT2D eigenvalue weighted by atomic mass is 35.5. The second-order valence-electron chi connectivity index (χ2n) is 4.12. The van der Waals surface area contributed by atoms with Crippen molar-refractivity contribution in [3.05, 3.63) is 39.9 Å². The maximum atomic E-state index is 13.3. The van der Waals surface area contributed by atoms with E-state index in [1.54, 1.807) is 6.20 Å². The Hall–Kier alpha value is -1.17. The van der Waals surface area contributed by atoms with Crippen LogP contribution in [0.15, 0.2) is 18.3 Å². The van der Waals surface area contributed by atoms with Crippen molar-refractivity contribution in [1.82, 2.24) is 15.0 Å². The fourth-order valence-corrected chi connectivity index (χ4v) is 2.14. The largest absolute Gasteiger partial charge is 0.330 e. The number of hydrogen-bond donors (Lipinski definition) is 1. The average molecular weight is 303 g/mol. The normalized spacial score (nSPS) is 10.9. The average Bonchev–Trinajstić information content (AvgIpc) is 2.84. The summed E-state index contributed by atoms with van der Waals surface area (Å²) < 4.78 is 14.8. The van der Waals surface area contributed by atoms with Crippen molar-refractivity contribution in [3.8, 4) is 5.69 Å². The summed E-state index contributed by atoms with van der Waals surface area (Å²) >= 11 is 11.5. The quantitative estimate of drug-likeness (QED) is 0.682. The van der Waals surface area contributed by atoms with Crippen molar-refractivity contribution < 1.29 is 4.39 Å². The van der Waals surface area contributed by atoms with Gasteiger partial charge >= 0.3 is 0 Å². The van der Waals surface area contributed by atoms with Crippen molar-refractivity contribution in [2.75, 3.05) is 6.54 Å². The zero-order chi connectivity index (χ0) is 13.8. The second-order valence-corrected chi connectivity index (χ2v) is 4.94. The topological polar surface area (TPSA) is 56.7 Å². The first-order chi connectivity index (χ1) is 9.11. The smallest absolute Gasteiger partial charge is 0.160 e. The summed E-state index contributed by atoms with van der Waals surface area (Å²) in [6, 6.07) is 2.92. The van der Waals surface area contributed by atoms with Crippen LogP contribution in [0.25, 0.3) is 5.69 Å². The highest BCUT2D eigenvalue weighted by Crippen LogP contribution is 2.26. The number of rotatable bonds is 5. The molecule has 4 nitrogen and oxygen atoms in total. The van der Waals surface area contributed by atoms with Gasteiger partial charge in [-0.25, -0.2) is 9.07 Å². The maximum Gasteiger partial charge on any atom is 0.160 e. The number of aromatic nitrogens is 3. The third-order valence-corrected chi connectivity index (χ3v) is 3.21. The van der Waals surface area contributed by atoms with E-state index in [1.165, 1.54) is 16.8 Å². The summed E-state index contributed by atoms with van der Waals surface area (Å²) in [5, 5.41) is 7.93. The molecule has 0 spiro atoms. The van der Waals surface area contributed by atoms with Crippen LogP contribution in [0.4, 0.5) is 4.39 Å². The highest BCUT2D eigenvalue weighted by molar-refractivity contribution is 6.35. The lowest BCUT2D eigenvalue weighted by Crippen LogP contribution is -1.99. The molecule has 0 aliphatic carbocycles. The Bertz CT molecular complexity index is 548. The van der Waals surface area contributed by atoms with E-state index in [0.717, 1.165) is 25.0 Å². The van der Waals surface area contributed by atoms with Crippen LogP contribution < -0.4 is 5.73 Å². The van der Waals surface area contributed by atoms with E-state index in [-0.39, 0.29) is 10.0 Å². The molecule has 0 aliphatic rings. The van der Waals surface area contributed by atoms with Gasteiger partial charge in [0.05, 0.1) is 27.6 Å². The van der Waals surface area contributed by atoms with Crippen LogP contribution >= 0.6 is 23.2 Å². The molecule has 2 N–H and O–H groups in total. The first kappa shape index (κ1) is 14.2. The molecule has 0 radical (unpaired) electrons. The maximum absolute atomic E-state index is 13.3. The van der Waals surface area contributed by atoms with Crippen LogP contribution in [0.5, 0.6) is 0 Å². The molecule has 19 heavy (non-hydrogen) atoms. The second kappa shape index (κ2) is 6.32. The van der Waals surface area contributed by atoms with Crippen LogP contribution in [0.2, 0.25) is 10.0 Å². The molecular weight excluding hydrogens is 290 g/mol. The molecule has 0 amide bonds. The van der Waals surface area contributed by atoms with Gasteiger partial charge in [-0.2, -0.15) is 0 Å². The summed E-state index contributed by atoms with van der Waals surface area (Å²) in [6.45, 7) is 0.664. The summed E-state index contributed by atoms with van der Waals surface area (Å²) in [5.74, 6) is -0.629. The first-order valence-corrected chi connectivity index (χ1v) is 6.63. The molecule has 1 aromatic carbocycles. The van der Waals surface area contributed by atoms with Gasteiger partial charge in [-0.05, 0) is 37.9 Å². The van der Waals surface area contributed by atoms with Crippen LogP contribution in [-0.4, -0.2) is 21.5 Å². The molecule has 7 heteroatoms. The number of hydrogen-bond acceptors (Lipinski definition) is 3. The fraction of sp³-hybridized carbons (Fsp3) is 0.333. The zero-order valence-corrected chi connectivity index (χ0v) is 11.6. The van der Waals surface area contributed by atoms with Crippen molar-refractivity contribution in [1.29, 1.82) is 0 Å². The van der Waals surface area contributed by atoms with E-state index in [4.69, 9.17) is 28.9 Å². The molecule has 0 saturated heterocycles. The minimum atomic E-state index is -0.629. The van der Waals surface area contributed by atoms with E-state index >= 15 is 0 Å². The summed E-state index contributed by atoms with van der Waals surface area (Å²) in [4.78, 5) is 0. The molecule has 0 aliphatic heterocycles. The Morgan fingerprint density at radius 2 is 1.89 bits per heavy atom. The van der Waals surface area contributed by atoms with Gasteiger partial charge in [0.15, 0.2) is 5.82 Å². The standard InChI is InChI=1S/C12H13Cl2FN4/c13-10-5-9(6-11(14)12(10)15)19-7-8(17-18-19)3-1-2-4-16/h5-7H,1-4,16H2. The van der Waals surface area contributed by atoms with Gasteiger partial charge in [0.2, 0.25) is 0 Å². The lowest BCUT2D eigenvalue weighted by Gasteiger charge is -2.03. The molecule has 0 saturated carbocycles. The number of benzene rings is 1. The van der Waals surface area contributed by atoms with E-state index in [0.29, 0.717) is 12.2 Å². The van der Waals surface area contributed by atoms with Crippen molar-refractivity contribution in [3.63, 3.8) is 0 Å². The van der Waals surface area contributed by atoms with Gasteiger partial charge in [-0.1, -0.05) is 28.4 Å². The van der Waals surface area contributed by atoms with Crippen molar-refractivity contribution in [2.24, 2.45) is 5.73 Å². The molecule has 0 bridgehead atoms. The Labute approximate surface area is 120 Å². The number of nitrogens with two attached hydrogens (primary N) is 1. The summed E-state index contributed by atoms with van der Waals surface area (Å²) in [5.41, 5.74) is 6.86. The van der Waals surface area contributed by atoms with Crippen molar-refractivity contribution in [2.45, 2.75) is 19.3 Å². The molecule has 2 rings (SSSR count). The van der Waals surface area contributed by atoms with E-state index in [9.17, 15) is 4.39 Å². The molecule has 0 unspecified atom stereocenters. The monoisotopic (exact) mass is 302 g/mol. The van der Waals surface area contributed by atoms with Gasteiger partial charge in [-0.3, -0.25) is 0 Å². The van der Waals surface area contributed by atoms with Crippen LogP contribution in [0.1, 0.15) is 18.5 Å². The lowest BCUT2D eigenvalue weighted by molar-refractivity contribution is 0.627. The first-order valence-electron chi connectivity index (χ1n) is 5.88. The number of nitrogens with zero attached hydrogens (tertiary/aromatic N) is 3. The van der Waals surface area contributed by atoms with Gasteiger partial charge < -0.3 is 5.73 Å². The van der Waals surface area contributed by atoms with Crippen molar-refractivity contribution >= 4 is 23.2 Å². The van der Waals surface area contributed by atoms with Gasteiger partial charge in [0.25, 0.3) is 0 Å². The Morgan fingerprint density at radius 1 is 1.21 bits per heavy atom. The molecular formula is C12H13Cl2FN4. The predicted octanol–water partition coefficient (Wildman–Crippen LogP) is 2.99. The van der Waals surface area contributed by atoms with E-state index in [1.807, 2.05) is 0 Å². The minimum Gasteiger partial charge on any atom is -0.330 e. The van der Waals surface area contributed by atoms with E-state index < -0.39 is 5.82 Å². The van der Waals surface area contributed by atoms with Crippen LogP contribution in [0.3, 0.4) is 0 Å². The molecule has 0 fully saturated rings. The molecule has 1 heterocycles. The zero-order valence-electron chi connectivity index (χ0n) is 10.1. The number of halogens is 3. The molecule has 2 aromatic rings. The Balaban J connectivity index is 2.18.